The number of hydrogen-bond donors (Lipinski definition) is 1. The summed E-state index contributed by atoms with van der Waals surface area (Å²) >= 11 is 0. The molecule has 2 heterocycles. The number of piperidine rings is 1. The van der Waals surface area contributed by atoms with Crippen molar-refractivity contribution in [3.8, 4) is 0 Å². The zero-order valence-corrected chi connectivity index (χ0v) is 10.9. The molecular weight excluding hydrogens is 198 g/mol. The standard InChI is InChI=1S/C13H27N3/c1-3-15(4-2)8-9-16-10-12-6-5-7-14-13(12)11-16/h12-14H,3-11H2,1-2H3/t12-,13+/m0/s1. The van der Waals surface area contributed by atoms with Gasteiger partial charge in [0.25, 0.3) is 0 Å². The lowest BCUT2D eigenvalue weighted by Gasteiger charge is -2.24. The van der Waals surface area contributed by atoms with Crippen LogP contribution in [0.5, 0.6) is 0 Å². The predicted molar refractivity (Wildman–Crippen MR) is 68.7 cm³/mol. The molecule has 0 bridgehead atoms. The first kappa shape index (κ1) is 12.3. The van der Waals surface area contributed by atoms with Gasteiger partial charge in [0.2, 0.25) is 0 Å². The van der Waals surface area contributed by atoms with Gasteiger partial charge in [0, 0.05) is 32.2 Å². The van der Waals surface area contributed by atoms with Gasteiger partial charge in [-0.1, -0.05) is 13.8 Å². The molecule has 0 aromatic carbocycles. The Labute approximate surface area is 100 Å². The number of nitrogens with zero attached hydrogens (tertiary/aromatic N) is 2. The maximum Gasteiger partial charge on any atom is 0.0235 e. The highest BCUT2D eigenvalue weighted by molar-refractivity contribution is 4.91. The largest absolute Gasteiger partial charge is 0.312 e. The van der Waals surface area contributed by atoms with Crippen LogP contribution in [-0.2, 0) is 0 Å². The molecule has 2 rings (SSSR count). The van der Waals surface area contributed by atoms with E-state index in [-0.39, 0.29) is 0 Å². The summed E-state index contributed by atoms with van der Waals surface area (Å²) < 4.78 is 0. The Bertz CT molecular complexity index is 189. The van der Waals surface area contributed by atoms with E-state index in [0.717, 1.165) is 12.0 Å². The fourth-order valence-electron chi connectivity index (χ4n) is 3.14. The van der Waals surface area contributed by atoms with Crippen molar-refractivity contribution < 1.29 is 0 Å². The minimum atomic E-state index is 0.797. The van der Waals surface area contributed by atoms with Gasteiger partial charge in [-0.2, -0.15) is 0 Å². The lowest BCUT2D eigenvalue weighted by molar-refractivity contribution is 0.235. The van der Waals surface area contributed by atoms with Gasteiger partial charge in [0.15, 0.2) is 0 Å². The van der Waals surface area contributed by atoms with E-state index in [2.05, 4.69) is 29.0 Å². The first-order valence-corrected chi connectivity index (χ1v) is 7.01. The van der Waals surface area contributed by atoms with Crippen molar-refractivity contribution in [2.45, 2.75) is 32.7 Å². The Morgan fingerprint density at radius 2 is 2.06 bits per heavy atom. The molecule has 2 fully saturated rings. The molecule has 2 saturated heterocycles. The molecule has 0 radical (unpaired) electrons. The summed E-state index contributed by atoms with van der Waals surface area (Å²) in [5, 5.41) is 3.67. The second-order valence-electron chi connectivity index (χ2n) is 5.25. The van der Waals surface area contributed by atoms with Crippen molar-refractivity contribution >= 4 is 0 Å². The molecule has 0 amide bonds. The Hall–Kier alpha value is -0.120. The molecule has 3 heteroatoms. The van der Waals surface area contributed by atoms with Gasteiger partial charge in [-0.3, -0.25) is 0 Å². The topological polar surface area (TPSA) is 18.5 Å². The third-order valence-corrected chi connectivity index (χ3v) is 4.30. The number of hydrogen-bond acceptors (Lipinski definition) is 3. The number of nitrogens with one attached hydrogen (secondary N) is 1. The molecule has 3 nitrogen and oxygen atoms in total. The number of rotatable bonds is 5. The molecule has 0 aromatic heterocycles. The fraction of sp³-hybridized carbons (Fsp3) is 1.00. The summed E-state index contributed by atoms with van der Waals surface area (Å²) in [5.74, 6) is 0.936. The molecule has 16 heavy (non-hydrogen) atoms. The number of fused-ring (bicyclic) bond motifs is 1. The van der Waals surface area contributed by atoms with Gasteiger partial charge in [-0.25, -0.2) is 0 Å². The summed E-state index contributed by atoms with van der Waals surface area (Å²) in [6.45, 7) is 13.3. The Morgan fingerprint density at radius 1 is 1.25 bits per heavy atom. The monoisotopic (exact) mass is 225 g/mol. The molecular formula is C13H27N3. The second-order valence-corrected chi connectivity index (χ2v) is 5.25. The van der Waals surface area contributed by atoms with E-state index in [9.17, 15) is 0 Å². The zero-order chi connectivity index (χ0) is 11.4. The number of likely N-dealkylation sites (tertiary alicyclic amines) is 1. The van der Waals surface area contributed by atoms with Gasteiger partial charge >= 0.3 is 0 Å². The molecule has 1 N–H and O–H groups in total. The SMILES string of the molecule is CCN(CC)CCN1C[C@@H]2CCCN[C@@H]2C1. The van der Waals surface area contributed by atoms with E-state index in [4.69, 9.17) is 0 Å². The summed E-state index contributed by atoms with van der Waals surface area (Å²) in [6.07, 6.45) is 2.82. The van der Waals surface area contributed by atoms with Gasteiger partial charge in [0.05, 0.1) is 0 Å². The molecule has 2 aliphatic rings. The first-order valence-electron chi connectivity index (χ1n) is 7.01. The molecule has 94 valence electrons. The third-order valence-electron chi connectivity index (χ3n) is 4.30. The number of likely N-dealkylation sites (N-methyl/N-ethyl adjacent to an activating group) is 1. The molecule has 2 aliphatic heterocycles. The minimum absolute atomic E-state index is 0.797. The van der Waals surface area contributed by atoms with Crippen LogP contribution in [0.15, 0.2) is 0 Å². The Balaban J connectivity index is 1.71. The van der Waals surface area contributed by atoms with E-state index in [1.54, 1.807) is 0 Å². The summed E-state index contributed by atoms with van der Waals surface area (Å²) in [6, 6.07) is 0.797. The van der Waals surface area contributed by atoms with Gasteiger partial charge in [-0.05, 0) is 38.4 Å². The van der Waals surface area contributed by atoms with Crippen LogP contribution in [0.2, 0.25) is 0 Å². The predicted octanol–water partition coefficient (Wildman–Crippen LogP) is 1.01. The highest BCUT2D eigenvalue weighted by Crippen LogP contribution is 2.24. The van der Waals surface area contributed by atoms with Crippen LogP contribution >= 0.6 is 0 Å². The second kappa shape index (κ2) is 5.99. The normalized spacial score (nSPS) is 30.9. The summed E-state index contributed by atoms with van der Waals surface area (Å²) in [4.78, 5) is 5.18. The van der Waals surface area contributed by atoms with Crippen molar-refractivity contribution in [1.29, 1.82) is 0 Å². The van der Waals surface area contributed by atoms with E-state index in [0.29, 0.717) is 0 Å². The quantitative estimate of drug-likeness (QED) is 0.753. The van der Waals surface area contributed by atoms with E-state index in [1.165, 1.54) is 58.7 Å². The van der Waals surface area contributed by atoms with Crippen LogP contribution in [0.3, 0.4) is 0 Å². The van der Waals surface area contributed by atoms with Gasteiger partial charge < -0.3 is 15.1 Å². The van der Waals surface area contributed by atoms with Crippen LogP contribution < -0.4 is 5.32 Å². The van der Waals surface area contributed by atoms with Crippen molar-refractivity contribution in [2.24, 2.45) is 5.92 Å². The van der Waals surface area contributed by atoms with Crippen LogP contribution in [0.4, 0.5) is 0 Å². The van der Waals surface area contributed by atoms with Crippen molar-refractivity contribution in [2.75, 3.05) is 45.8 Å². The Kier molecular flexibility index (Phi) is 4.62. The van der Waals surface area contributed by atoms with Crippen LogP contribution in [0, 0.1) is 5.92 Å². The fourth-order valence-corrected chi connectivity index (χ4v) is 3.14. The zero-order valence-electron chi connectivity index (χ0n) is 10.9. The molecule has 2 atom stereocenters. The van der Waals surface area contributed by atoms with Crippen molar-refractivity contribution in [1.82, 2.24) is 15.1 Å². The summed E-state index contributed by atoms with van der Waals surface area (Å²) in [5.41, 5.74) is 0. The Morgan fingerprint density at radius 3 is 2.75 bits per heavy atom. The van der Waals surface area contributed by atoms with Crippen LogP contribution in [0.25, 0.3) is 0 Å². The van der Waals surface area contributed by atoms with Crippen molar-refractivity contribution in [3.63, 3.8) is 0 Å². The van der Waals surface area contributed by atoms with Crippen LogP contribution in [-0.4, -0.2) is 61.7 Å². The van der Waals surface area contributed by atoms with Crippen LogP contribution in [0.1, 0.15) is 26.7 Å². The lowest BCUT2D eigenvalue weighted by atomic mass is 9.94. The lowest BCUT2D eigenvalue weighted by Crippen LogP contribution is -2.41. The van der Waals surface area contributed by atoms with E-state index < -0.39 is 0 Å². The maximum absolute atomic E-state index is 3.67. The average Bonchev–Trinajstić information content (AvgIpc) is 2.73. The highest BCUT2D eigenvalue weighted by atomic mass is 15.2. The summed E-state index contributed by atoms with van der Waals surface area (Å²) in [7, 11) is 0. The minimum Gasteiger partial charge on any atom is -0.312 e. The highest BCUT2D eigenvalue weighted by Gasteiger charge is 2.33. The van der Waals surface area contributed by atoms with E-state index in [1.807, 2.05) is 0 Å². The average molecular weight is 225 g/mol. The smallest absolute Gasteiger partial charge is 0.0235 e. The maximum atomic E-state index is 3.67. The molecule has 0 saturated carbocycles. The molecule has 0 spiro atoms. The van der Waals surface area contributed by atoms with E-state index >= 15 is 0 Å². The first-order chi connectivity index (χ1) is 7.83. The third kappa shape index (κ3) is 2.96. The van der Waals surface area contributed by atoms with Crippen molar-refractivity contribution in [3.05, 3.63) is 0 Å². The van der Waals surface area contributed by atoms with Gasteiger partial charge in [0.1, 0.15) is 0 Å². The molecule has 0 unspecified atom stereocenters. The van der Waals surface area contributed by atoms with Gasteiger partial charge in [-0.15, -0.1) is 0 Å². The molecule has 0 aromatic rings. The molecule has 0 aliphatic carbocycles.